The summed E-state index contributed by atoms with van der Waals surface area (Å²) in [5.41, 5.74) is 0.527. The van der Waals surface area contributed by atoms with Crippen LogP contribution >= 0.6 is 15.9 Å². The lowest BCUT2D eigenvalue weighted by Crippen LogP contribution is -2.29. The van der Waals surface area contributed by atoms with Gasteiger partial charge in [0.15, 0.2) is 0 Å². The Morgan fingerprint density at radius 1 is 1.69 bits per heavy atom. The van der Waals surface area contributed by atoms with Crippen LogP contribution in [0.5, 0.6) is 0 Å². The Morgan fingerprint density at radius 2 is 2.44 bits per heavy atom. The molecule has 88 valence electrons. The van der Waals surface area contributed by atoms with Gasteiger partial charge in [0.2, 0.25) is 0 Å². The molecule has 0 aliphatic rings. The molecule has 1 aromatic heterocycles. The standard InChI is InChI=1S/C11H15BrN2O2/c1-8(4-6-15)7-14-11(16)9-3-2-5-13-10(9)12/h2-3,5,8,15H,4,6-7H2,1H3,(H,14,16). The van der Waals surface area contributed by atoms with Gasteiger partial charge in [-0.25, -0.2) is 4.98 Å². The molecule has 0 aromatic carbocycles. The van der Waals surface area contributed by atoms with Crippen molar-refractivity contribution >= 4 is 21.8 Å². The van der Waals surface area contributed by atoms with Gasteiger partial charge in [-0.2, -0.15) is 0 Å². The molecule has 2 N–H and O–H groups in total. The maximum absolute atomic E-state index is 11.7. The number of amides is 1. The molecule has 16 heavy (non-hydrogen) atoms. The van der Waals surface area contributed by atoms with Crippen molar-refractivity contribution in [3.8, 4) is 0 Å². The molecule has 0 aliphatic carbocycles. The second kappa shape index (κ2) is 6.60. The number of carbonyl (C=O) groups is 1. The number of aliphatic hydroxyl groups excluding tert-OH is 1. The molecular weight excluding hydrogens is 272 g/mol. The molecule has 1 unspecified atom stereocenters. The van der Waals surface area contributed by atoms with Crippen molar-refractivity contribution in [1.29, 1.82) is 0 Å². The topological polar surface area (TPSA) is 62.2 Å². The van der Waals surface area contributed by atoms with E-state index in [1.807, 2.05) is 6.92 Å². The van der Waals surface area contributed by atoms with Gasteiger partial charge < -0.3 is 10.4 Å². The number of rotatable bonds is 5. The van der Waals surface area contributed by atoms with Gasteiger partial charge in [-0.1, -0.05) is 6.92 Å². The highest BCUT2D eigenvalue weighted by Gasteiger charge is 2.10. The third-order valence-electron chi connectivity index (χ3n) is 2.24. The summed E-state index contributed by atoms with van der Waals surface area (Å²) in [6.07, 6.45) is 2.31. The van der Waals surface area contributed by atoms with Gasteiger partial charge >= 0.3 is 0 Å². The first-order valence-corrected chi connectivity index (χ1v) is 5.94. The summed E-state index contributed by atoms with van der Waals surface area (Å²) in [4.78, 5) is 15.7. The monoisotopic (exact) mass is 286 g/mol. The largest absolute Gasteiger partial charge is 0.396 e. The van der Waals surface area contributed by atoms with Gasteiger partial charge in [-0.15, -0.1) is 0 Å². The van der Waals surface area contributed by atoms with E-state index in [-0.39, 0.29) is 18.4 Å². The van der Waals surface area contributed by atoms with E-state index >= 15 is 0 Å². The van der Waals surface area contributed by atoms with Gasteiger partial charge in [-0.3, -0.25) is 4.79 Å². The molecule has 5 heteroatoms. The molecule has 0 saturated carbocycles. The number of carbonyl (C=O) groups excluding carboxylic acids is 1. The SMILES string of the molecule is CC(CCO)CNC(=O)c1cccnc1Br. The Balaban J connectivity index is 2.50. The molecule has 0 spiro atoms. The number of nitrogens with zero attached hydrogens (tertiary/aromatic N) is 1. The molecule has 0 saturated heterocycles. The van der Waals surface area contributed by atoms with E-state index in [0.717, 1.165) is 0 Å². The van der Waals surface area contributed by atoms with Crippen molar-refractivity contribution in [3.05, 3.63) is 28.5 Å². The minimum Gasteiger partial charge on any atom is -0.396 e. The van der Waals surface area contributed by atoms with Crippen LogP contribution in [0, 0.1) is 5.92 Å². The summed E-state index contributed by atoms with van der Waals surface area (Å²) in [7, 11) is 0. The minimum atomic E-state index is -0.148. The van der Waals surface area contributed by atoms with Crippen LogP contribution in [0.2, 0.25) is 0 Å². The normalized spacial score (nSPS) is 12.2. The third-order valence-corrected chi connectivity index (χ3v) is 2.87. The van der Waals surface area contributed by atoms with Crippen molar-refractivity contribution in [3.63, 3.8) is 0 Å². The quantitative estimate of drug-likeness (QED) is 0.808. The Bertz CT molecular complexity index is 358. The minimum absolute atomic E-state index is 0.146. The highest BCUT2D eigenvalue weighted by atomic mass is 79.9. The molecule has 1 atom stereocenters. The van der Waals surface area contributed by atoms with E-state index in [1.54, 1.807) is 18.3 Å². The van der Waals surface area contributed by atoms with Crippen molar-refractivity contribution < 1.29 is 9.90 Å². The number of hydrogen-bond donors (Lipinski definition) is 2. The fourth-order valence-electron chi connectivity index (χ4n) is 1.24. The molecule has 0 aliphatic heterocycles. The van der Waals surface area contributed by atoms with Gasteiger partial charge in [0.05, 0.1) is 5.56 Å². The molecule has 0 bridgehead atoms. The van der Waals surface area contributed by atoms with E-state index in [9.17, 15) is 4.79 Å². The van der Waals surface area contributed by atoms with E-state index in [1.165, 1.54) is 0 Å². The number of nitrogens with one attached hydrogen (secondary N) is 1. The number of halogens is 1. The lowest BCUT2D eigenvalue weighted by atomic mass is 10.1. The van der Waals surface area contributed by atoms with Crippen LogP contribution < -0.4 is 5.32 Å². The van der Waals surface area contributed by atoms with Gasteiger partial charge in [0.1, 0.15) is 4.60 Å². The summed E-state index contributed by atoms with van der Waals surface area (Å²) < 4.78 is 0.544. The second-order valence-electron chi connectivity index (χ2n) is 3.67. The first-order chi connectivity index (χ1) is 7.65. The zero-order chi connectivity index (χ0) is 12.0. The van der Waals surface area contributed by atoms with Crippen LogP contribution in [-0.2, 0) is 0 Å². The van der Waals surface area contributed by atoms with Crippen molar-refractivity contribution in [2.45, 2.75) is 13.3 Å². The van der Waals surface area contributed by atoms with Gasteiger partial charge in [-0.05, 0) is 40.4 Å². The molecule has 1 amide bonds. The molecule has 1 rings (SSSR count). The molecule has 0 radical (unpaired) electrons. The van der Waals surface area contributed by atoms with E-state index in [2.05, 4.69) is 26.2 Å². The van der Waals surface area contributed by atoms with Crippen LogP contribution in [0.3, 0.4) is 0 Å². The molecular formula is C11H15BrN2O2. The first-order valence-electron chi connectivity index (χ1n) is 5.14. The zero-order valence-corrected chi connectivity index (χ0v) is 10.7. The highest BCUT2D eigenvalue weighted by Crippen LogP contribution is 2.12. The van der Waals surface area contributed by atoms with Crippen LogP contribution in [0.25, 0.3) is 0 Å². The lowest BCUT2D eigenvalue weighted by Gasteiger charge is -2.11. The van der Waals surface area contributed by atoms with E-state index in [0.29, 0.717) is 23.1 Å². The number of pyridine rings is 1. The fraction of sp³-hybridized carbons (Fsp3) is 0.455. The smallest absolute Gasteiger partial charge is 0.254 e. The Labute approximate surface area is 103 Å². The average molecular weight is 287 g/mol. The summed E-state index contributed by atoms with van der Waals surface area (Å²) in [5, 5.41) is 11.5. The van der Waals surface area contributed by atoms with Crippen LogP contribution in [-0.4, -0.2) is 29.1 Å². The van der Waals surface area contributed by atoms with Crippen molar-refractivity contribution in [2.24, 2.45) is 5.92 Å². The zero-order valence-electron chi connectivity index (χ0n) is 9.11. The Hall–Kier alpha value is -0.940. The third kappa shape index (κ3) is 3.90. The first kappa shape index (κ1) is 13.1. The van der Waals surface area contributed by atoms with Crippen molar-refractivity contribution in [1.82, 2.24) is 10.3 Å². The average Bonchev–Trinajstić information content (AvgIpc) is 2.27. The number of aromatic nitrogens is 1. The van der Waals surface area contributed by atoms with Crippen molar-refractivity contribution in [2.75, 3.05) is 13.2 Å². The summed E-state index contributed by atoms with van der Waals surface area (Å²) >= 11 is 3.22. The Morgan fingerprint density at radius 3 is 3.06 bits per heavy atom. The summed E-state index contributed by atoms with van der Waals surface area (Å²) in [6, 6.07) is 3.43. The van der Waals surface area contributed by atoms with Gasteiger partial charge in [0.25, 0.3) is 5.91 Å². The fourth-order valence-corrected chi connectivity index (χ4v) is 1.67. The predicted octanol–water partition coefficient (Wildman–Crippen LogP) is 1.59. The summed E-state index contributed by atoms with van der Waals surface area (Å²) in [5.74, 6) is 0.120. The Kier molecular flexibility index (Phi) is 5.42. The van der Waals surface area contributed by atoms with Crippen LogP contribution in [0.1, 0.15) is 23.7 Å². The number of hydrogen-bond acceptors (Lipinski definition) is 3. The van der Waals surface area contributed by atoms with Crippen LogP contribution in [0.15, 0.2) is 22.9 Å². The van der Waals surface area contributed by atoms with E-state index in [4.69, 9.17) is 5.11 Å². The molecule has 4 nitrogen and oxygen atoms in total. The molecule has 0 fully saturated rings. The van der Waals surface area contributed by atoms with Crippen LogP contribution in [0.4, 0.5) is 0 Å². The highest BCUT2D eigenvalue weighted by molar-refractivity contribution is 9.10. The summed E-state index contributed by atoms with van der Waals surface area (Å²) in [6.45, 7) is 2.68. The lowest BCUT2D eigenvalue weighted by molar-refractivity contribution is 0.0944. The predicted molar refractivity (Wildman–Crippen MR) is 65.1 cm³/mol. The molecule has 1 heterocycles. The maximum Gasteiger partial charge on any atom is 0.254 e. The number of aliphatic hydroxyl groups is 1. The molecule has 1 aromatic rings. The van der Waals surface area contributed by atoms with Gasteiger partial charge in [0, 0.05) is 19.3 Å². The second-order valence-corrected chi connectivity index (χ2v) is 4.42. The maximum atomic E-state index is 11.7. The van der Waals surface area contributed by atoms with E-state index < -0.39 is 0 Å².